The van der Waals surface area contributed by atoms with E-state index in [1.807, 2.05) is 0 Å². The predicted octanol–water partition coefficient (Wildman–Crippen LogP) is 4.27. The summed E-state index contributed by atoms with van der Waals surface area (Å²) >= 11 is 0. The van der Waals surface area contributed by atoms with Crippen molar-refractivity contribution in [3.05, 3.63) is 0 Å². The van der Waals surface area contributed by atoms with Gasteiger partial charge in [0.15, 0.2) is 5.78 Å². The Morgan fingerprint density at radius 2 is 1.13 bits per heavy atom. The number of hydrogen-bond acceptors (Lipinski definition) is 5. The summed E-state index contributed by atoms with van der Waals surface area (Å²) < 4.78 is 10.4. The van der Waals surface area contributed by atoms with Crippen LogP contribution in [0.2, 0.25) is 0 Å². The molecule has 0 aliphatic carbocycles. The molecule has 0 saturated heterocycles. The fourth-order valence-corrected chi connectivity index (χ4v) is 3.12. The van der Waals surface area contributed by atoms with Crippen LogP contribution in [0.1, 0.15) is 96.8 Å². The smallest absolute Gasteiger partial charge is 0.303 e. The maximum Gasteiger partial charge on any atom is 0.303 e. The van der Waals surface area contributed by atoms with E-state index in [2.05, 4.69) is 5.32 Å². The highest BCUT2D eigenvalue weighted by molar-refractivity contribution is 5.76. The molecule has 176 valence electrons. The quantitative estimate of drug-likeness (QED) is 0.235. The van der Waals surface area contributed by atoms with Crippen molar-refractivity contribution < 1.29 is 29.0 Å². The third kappa shape index (κ3) is 24.6. The first-order valence-electron chi connectivity index (χ1n) is 11.7. The molecule has 0 spiro atoms. The molecule has 0 radical (unpaired) electrons. The van der Waals surface area contributed by atoms with Crippen LogP contribution in [-0.4, -0.2) is 55.7 Å². The molecule has 0 fully saturated rings. The van der Waals surface area contributed by atoms with E-state index in [1.54, 1.807) is 0 Å². The molecule has 30 heavy (non-hydrogen) atoms. The van der Waals surface area contributed by atoms with Gasteiger partial charge in [-0.05, 0) is 19.8 Å². The molecule has 0 bridgehead atoms. The molecule has 0 heterocycles. The Balaban J connectivity index is 3.17. The van der Waals surface area contributed by atoms with Crippen molar-refractivity contribution in [2.24, 2.45) is 0 Å². The number of hydrogen-bond donors (Lipinski definition) is 2. The van der Waals surface area contributed by atoms with Gasteiger partial charge in [0.25, 0.3) is 0 Å². The molecular formula is C23H43NO6. The lowest BCUT2D eigenvalue weighted by Gasteiger charge is -2.07. The van der Waals surface area contributed by atoms with Crippen LogP contribution in [0.15, 0.2) is 0 Å². The fourth-order valence-electron chi connectivity index (χ4n) is 3.12. The monoisotopic (exact) mass is 429 g/mol. The molecule has 0 aromatic heterocycles. The highest BCUT2D eigenvalue weighted by Gasteiger charge is 2.01. The summed E-state index contributed by atoms with van der Waals surface area (Å²) in [6.07, 6.45) is 14.6. The third-order valence-electron chi connectivity index (χ3n) is 4.79. The van der Waals surface area contributed by atoms with Crippen molar-refractivity contribution >= 4 is 17.7 Å². The molecule has 2 N–H and O–H groups in total. The van der Waals surface area contributed by atoms with Crippen LogP contribution in [0, 0.1) is 0 Å². The van der Waals surface area contributed by atoms with Crippen LogP contribution < -0.4 is 5.32 Å². The summed E-state index contributed by atoms with van der Waals surface area (Å²) in [5, 5.41) is 11.4. The molecule has 0 aromatic rings. The predicted molar refractivity (Wildman–Crippen MR) is 118 cm³/mol. The molecule has 0 saturated carbocycles. The van der Waals surface area contributed by atoms with Gasteiger partial charge in [-0.3, -0.25) is 14.4 Å². The number of nitrogens with one attached hydrogen (secondary N) is 1. The number of carbonyl (C=O) groups excluding carboxylic acids is 2. The standard InChI is InChI=1S/C23H43NO6/c1-21(25)20-30-19-18-29-17-16-24-22(26)14-12-10-8-6-4-2-3-5-7-9-11-13-15-23(27)28/h2-20H2,1H3,(H,24,26)(H,27,28). The van der Waals surface area contributed by atoms with E-state index in [9.17, 15) is 14.4 Å². The van der Waals surface area contributed by atoms with Gasteiger partial charge in [0.1, 0.15) is 6.61 Å². The van der Waals surface area contributed by atoms with Crippen molar-refractivity contribution in [2.75, 3.05) is 33.0 Å². The summed E-state index contributed by atoms with van der Waals surface area (Å²) in [6, 6.07) is 0. The van der Waals surface area contributed by atoms with Crippen LogP contribution in [0.4, 0.5) is 0 Å². The SMILES string of the molecule is CC(=O)COCCOCCNC(=O)CCCCCCCCCCCCCCC(=O)O. The topological polar surface area (TPSA) is 102 Å². The third-order valence-corrected chi connectivity index (χ3v) is 4.79. The summed E-state index contributed by atoms with van der Waals surface area (Å²) in [4.78, 5) is 32.8. The summed E-state index contributed by atoms with van der Waals surface area (Å²) in [5.41, 5.74) is 0. The van der Waals surface area contributed by atoms with Gasteiger partial charge in [0.05, 0.1) is 19.8 Å². The Hall–Kier alpha value is -1.47. The lowest BCUT2D eigenvalue weighted by atomic mass is 10.0. The molecule has 0 aliphatic rings. The van der Waals surface area contributed by atoms with Crippen molar-refractivity contribution in [1.29, 1.82) is 0 Å². The van der Waals surface area contributed by atoms with Crippen LogP contribution >= 0.6 is 0 Å². The van der Waals surface area contributed by atoms with Gasteiger partial charge in [0.2, 0.25) is 5.91 Å². The lowest BCUT2D eigenvalue weighted by molar-refractivity contribution is -0.137. The lowest BCUT2D eigenvalue weighted by Crippen LogP contribution is -2.27. The molecule has 1 amide bonds. The van der Waals surface area contributed by atoms with Crippen molar-refractivity contribution in [3.63, 3.8) is 0 Å². The zero-order valence-corrected chi connectivity index (χ0v) is 18.9. The molecule has 7 heteroatoms. The van der Waals surface area contributed by atoms with Crippen molar-refractivity contribution in [3.8, 4) is 0 Å². The minimum absolute atomic E-state index is 0.000520. The van der Waals surface area contributed by atoms with Crippen LogP contribution in [0.3, 0.4) is 0 Å². The number of carboxylic acids is 1. The van der Waals surface area contributed by atoms with Gasteiger partial charge in [-0.25, -0.2) is 0 Å². The van der Waals surface area contributed by atoms with E-state index in [1.165, 1.54) is 51.9 Å². The zero-order chi connectivity index (χ0) is 22.3. The largest absolute Gasteiger partial charge is 0.481 e. The van der Waals surface area contributed by atoms with E-state index in [0.29, 0.717) is 39.2 Å². The van der Waals surface area contributed by atoms with Crippen LogP contribution in [0.25, 0.3) is 0 Å². The molecular weight excluding hydrogens is 386 g/mol. The first-order chi connectivity index (χ1) is 14.5. The van der Waals surface area contributed by atoms with Crippen molar-refractivity contribution in [2.45, 2.75) is 96.8 Å². The zero-order valence-electron chi connectivity index (χ0n) is 18.9. The second-order valence-electron chi connectivity index (χ2n) is 7.85. The van der Waals surface area contributed by atoms with Gasteiger partial charge in [-0.15, -0.1) is 0 Å². The number of rotatable bonds is 23. The van der Waals surface area contributed by atoms with Gasteiger partial charge < -0.3 is 19.9 Å². The minimum Gasteiger partial charge on any atom is -0.481 e. The van der Waals surface area contributed by atoms with Crippen LogP contribution in [-0.2, 0) is 23.9 Å². The normalized spacial score (nSPS) is 10.8. The first kappa shape index (κ1) is 28.5. The minimum atomic E-state index is -0.689. The number of Topliss-reactive ketones (excluding diaryl/α,β-unsaturated/α-hetero) is 1. The maximum atomic E-state index is 11.7. The average molecular weight is 430 g/mol. The van der Waals surface area contributed by atoms with Gasteiger partial charge in [0, 0.05) is 19.4 Å². The van der Waals surface area contributed by atoms with E-state index < -0.39 is 5.97 Å². The summed E-state index contributed by atoms with van der Waals surface area (Å²) in [5.74, 6) is -0.610. The number of ketones is 1. The highest BCUT2D eigenvalue weighted by Crippen LogP contribution is 2.13. The fraction of sp³-hybridized carbons (Fsp3) is 0.870. The second kappa shape index (κ2) is 22.2. The van der Waals surface area contributed by atoms with Crippen LogP contribution in [0.5, 0.6) is 0 Å². The van der Waals surface area contributed by atoms with Crippen molar-refractivity contribution in [1.82, 2.24) is 5.32 Å². The van der Waals surface area contributed by atoms with Gasteiger partial charge in [-0.1, -0.05) is 64.2 Å². The van der Waals surface area contributed by atoms with Gasteiger partial charge >= 0.3 is 5.97 Å². The van der Waals surface area contributed by atoms with E-state index in [0.717, 1.165) is 32.1 Å². The second-order valence-corrected chi connectivity index (χ2v) is 7.85. The highest BCUT2D eigenvalue weighted by atomic mass is 16.5. The Morgan fingerprint density at radius 1 is 0.667 bits per heavy atom. The van der Waals surface area contributed by atoms with Gasteiger partial charge in [-0.2, -0.15) is 0 Å². The number of carboxylic acid groups (broad SMARTS) is 1. The first-order valence-corrected chi connectivity index (χ1v) is 11.7. The average Bonchev–Trinajstić information content (AvgIpc) is 2.69. The molecule has 0 unspecified atom stereocenters. The molecule has 0 atom stereocenters. The maximum absolute atomic E-state index is 11.7. The Morgan fingerprint density at radius 3 is 1.63 bits per heavy atom. The number of ether oxygens (including phenoxy) is 2. The number of unbranched alkanes of at least 4 members (excludes halogenated alkanes) is 11. The summed E-state index contributed by atoms with van der Waals surface area (Å²) in [7, 11) is 0. The van der Waals surface area contributed by atoms with E-state index in [-0.39, 0.29) is 18.3 Å². The number of amides is 1. The Bertz CT molecular complexity index is 441. The molecule has 0 aliphatic heterocycles. The Kier molecular flexibility index (Phi) is 21.1. The number of carbonyl (C=O) groups is 3. The summed E-state index contributed by atoms with van der Waals surface area (Å²) in [6.45, 7) is 3.38. The molecule has 0 rings (SSSR count). The molecule has 0 aromatic carbocycles. The molecule has 7 nitrogen and oxygen atoms in total. The van der Waals surface area contributed by atoms with E-state index in [4.69, 9.17) is 14.6 Å². The number of aliphatic carboxylic acids is 1. The Labute approximate surface area is 182 Å². The van der Waals surface area contributed by atoms with E-state index >= 15 is 0 Å².